The summed E-state index contributed by atoms with van der Waals surface area (Å²) in [4.78, 5) is 27.2. The summed E-state index contributed by atoms with van der Waals surface area (Å²) < 4.78 is 10.7. The van der Waals surface area contributed by atoms with Crippen LogP contribution in [-0.2, 0) is 19.1 Å². The number of rotatable bonds is 3. The van der Waals surface area contributed by atoms with E-state index in [1.165, 1.54) is 33.5 Å². The van der Waals surface area contributed by atoms with Gasteiger partial charge < -0.3 is 19.7 Å². The largest absolute Gasteiger partial charge is 0.469 e. The van der Waals surface area contributed by atoms with Crippen LogP contribution in [0.25, 0.3) is 0 Å². The van der Waals surface area contributed by atoms with Crippen LogP contribution in [0.1, 0.15) is 92.9 Å². The first-order chi connectivity index (χ1) is 17.7. The van der Waals surface area contributed by atoms with Crippen molar-refractivity contribution in [3.8, 4) is 0 Å². The molecule has 0 saturated heterocycles. The molecule has 5 aliphatic carbocycles. The highest BCUT2D eigenvalue weighted by atomic mass is 16.5. The number of methoxy groups -OCH3 is 2. The number of aliphatic hydroxyl groups is 2. The van der Waals surface area contributed by atoms with Crippen molar-refractivity contribution in [3.63, 3.8) is 0 Å². The highest BCUT2D eigenvalue weighted by molar-refractivity contribution is 5.86. The third-order valence-corrected chi connectivity index (χ3v) is 13.6. The Hall–Kier alpha value is -1.40. The van der Waals surface area contributed by atoms with E-state index in [0.29, 0.717) is 23.7 Å². The number of carbonyl (C=O) groups is 2. The molecule has 0 heterocycles. The fourth-order valence-electron chi connectivity index (χ4n) is 11.6. The summed E-state index contributed by atoms with van der Waals surface area (Å²) in [5.74, 6) is 0.743. The lowest BCUT2D eigenvalue weighted by molar-refractivity contribution is -0.217. The van der Waals surface area contributed by atoms with E-state index < -0.39 is 40.9 Å². The quantitative estimate of drug-likeness (QED) is 0.380. The van der Waals surface area contributed by atoms with Gasteiger partial charge in [0.2, 0.25) is 0 Å². The fraction of sp³-hybridized carbons (Fsp3) is 0.875. The van der Waals surface area contributed by atoms with Crippen molar-refractivity contribution in [2.45, 2.75) is 105 Å². The Morgan fingerprint density at radius 2 is 1.53 bits per heavy atom. The van der Waals surface area contributed by atoms with Crippen LogP contribution in [-0.4, -0.2) is 48.6 Å². The van der Waals surface area contributed by atoms with E-state index >= 15 is 0 Å². The summed E-state index contributed by atoms with van der Waals surface area (Å²) in [7, 11) is 2.71. The smallest absolute Gasteiger partial charge is 0.316 e. The zero-order valence-corrected chi connectivity index (χ0v) is 24.8. The van der Waals surface area contributed by atoms with E-state index in [2.05, 4.69) is 40.7 Å². The van der Waals surface area contributed by atoms with Crippen LogP contribution < -0.4 is 0 Å². The topological polar surface area (TPSA) is 93.1 Å². The predicted octanol–water partition coefficient (Wildman–Crippen LogP) is 5.30. The molecule has 0 amide bonds. The van der Waals surface area contributed by atoms with Gasteiger partial charge in [-0.05, 0) is 104 Å². The van der Waals surface area contributed by atoms with Gasteiger partial charge in [-0.15, -0.1) is 0 Å². The molecule has 0 aromatic rings. The fourth-order valence-corrected chi connectivity index (χ4v) is 11.6. The Morgan fingerprint density at radius 1 is 0.895 bits per heavy atom. The summed E-state index contributed by atoms with van der Waals surface area (Å²) in [6, 6.07) is 0. The molecular formula is C32H50O6. The van der Waals surface area contributed by atoms with Gasteiger partial charge in [0, 0.05) is 0 Å². The first-order valence-corrected chi connectivity index (χ1v) is 14.9. The van der Waals surface area contributed by atoms with Gasteiger partial charge >= 0.3 is 11.9 Å². The Morgan fingerprint density at radius 3 is 2.13 bits per heavy atom. The van der Waals surface area contributed by atoms with Gasteiger partial charge in [0.05, 0.1) is 37.3 Å². The summed E-state index contributed by atoms with van der Waals surface area (Å²) >= 11 is 0. The molecule has 0 bridgehead atoms. The first kappa shape index (κ1) is 28.1. The normalized spacial score (nSPS) is 51.7. The summed E-state index contributed by atoms with van der Waals surface area (Å²) in [5.41, 5.74) is -1.07. The minimum atomic E-state index is -1.41. The number of esters is 2. The van der Waals surface area contributed by atoms with Crippen molar-refractivity contribution in [2.24, 2.45) is 56.7 Å². The maximum absolute atomic E-state index is 13.9. The highest BCUT2D eigenvalue weighted by Crippen LogP contribution is 2.76. The molecule has 0 aromatic carbocycles. The van der Waals surface area contributed by atoms with E-state index in [1.807, 2.05) is 0 Å². The number of hydrogen-bond acceptors (Lipinski definition) is 6. The number of allylic oxidation sites excluding steroid dienone is 1. The second-order valence-electron chi connectivity index (χ2n) is 14.8. The first-order valence-electron chi connectivity index (χ1n) is 14.9. The van der Waals surface area contributed by atoms with Crippen molar-refractivity contribution in [3.05, 3.63) is 11.6 Å². The van der Waals surface area contributed by atoms with Crippen molar-refractivity contribution < 1.29 is 29.3 Å². The summed E-state index contributed by atoms with van der Waals surface area (Å²) in [6.45, 7) is 14.0. The van der Waals surface area contributed by atoms with Gasteiger partial charge in [-0.2, -0.15) is 0 Å². The molecule has 0 spiro atoms. The molecule has 4 fully saturated rings. The Balaban J connectivity index is 1.66. The van der Waals surface area contributed by atoms with E-state index in [0.717, 1.165) is 30.8 Å². The predicted molar refractivity (Wildman–Crippen MR) is 145 cm³/mol. The van der Waals surface area contributed by atoms with Crippen LogP contribution >= 0.6 is 0 Å². The Kier molecular flexibility index (Phi) is 6.52. The Bertz CT molecular complexity index is 1030. The second kappa shape index (κ2) is 8.80. The zero-order valence-electron chi connectivity index (χ0n) is 24.8. The maximum Gasteiger partial charge on any atom is 0.316 e. The van der Waals surface area contributed by atoms with E-state index in [-0.39, 0.29) is 23.2 Å². The molecule has 0 aromatic heterocycles. The van der Waals surface area contributed by atoms with Gasteiger partial charge in [0.25, 0.3) is 0 Å². The molecule has 6 heteroatoms. The Labute approximate surface area is 228 Å². The number of aliphatic hydroxyl groups excluding tert-OH is 2. The molecule has 5 rings (SSSR count). The molecule has 6 nitrogen and oxygen atoms in total. The van der Waals surface area contributed by atoms with E-state index in [9.17, 15) is 19.8 Å². The van der Waals surface area contributed by atoms with Crippen molar-refractivity contribution >= 4 is 11.9 Å². The summed E-state index contributed by atoms with van der Waals surface area (Å²) in [6.07, 6.45) is 7.07. The van der Waals surface area contributed by atoms with Gasteiger partial charge in [0.1, 0.15) is 0 Å². The molecular weight excluding hydrogens is 480 g/mol. The van der Waals surface area contributed by atoms with Crippen molar-refractivity contribution in [2.75, 3.05) is 14.2 Å². The van der Waals surface area contributed by atoms with Crippen LogP contribution in [0.5, 0.6) is 0 Å². The minimum Gasteiger partial charge on any atom is -0.469 e. The van der Waals surface area contributed by atoms with Crippen molar-refractivity contribution in [1.82, 2.24) is 0 Å². The average molecular weight is 531 g/mol. The third kappa shape index (κ3) is 3.14. The monoisotopic (exact) mass is 530 g/mol. The van der Waals surface area contributed by atoms with E-state index in [1.54, 1.807) is 6.92 Å². The lowest BCUT2D eigenvalue weighted by atomic mass is 9.35. The van der Waals surface area contributed by atoms with Crippen LogP contribution in [0, 0.1) is 56.7 Å². The van der Waals surface area contributed by atoms with Gasteiger partial charge in [-0.3, -0.25) is 9.59 Å². The minimum absolute atomic E-state index is 0.00179. The SMILES string of the molecule is COC(=O)C12CC(O)C(O)C(C)(C(=O)OC)C1CCC1C2=CCC2(C)C3CCC(C(C)C)C3(C)CCC12C. The van der Waals surface area contributed by atoms with Crippen LogP contribution in [0.4, 0.5) is 0 Å². The molecule has 214 valence electrons. The van der Waals surface area contributed by atoms with Crippen LogP contribution in [0.3, 0.4) is 0 Å². The number of fused-ring (bicyclic) bond motifs is 7. The van der Waals surface area contributed by atoms with Gasteiger partial charge in [-0.25, -0.2) is 0 Å². The molecule has 2 N–H and O–H groups in total. The maximum atomic E-state index is 13.9. The van der Waals surface area contributed by atoms with Crippen LogP contribution in [0.2, 0.25) is 0 Å². The third-order valence-electron chi connectivity index (χ3n) is 13.6. The number of hydrogen-bond donors (Lipinski definition) is 2. The second-order valence-corrected chi connectivity index (χ2v) is 14.8. The molecule has 11 atom stereocenters. The molecule has 0 aliphatic heterocycles. The number of carbonyl (C=O) groups excluding carboxylic acids is 2. The summed E-state index contributed by atoms with van der Waals surface area (Å²) in [5, 5.41) is 22.3. The molecule has 5 aliphatic rings. The molecule has 0 radical (unpaired) electrons. The van der Waals surface area contributed by atoms with Crippen LogP contribution in [0.15, 0.2) is 11.6 Å². The average Bonchev–Trinajstić information content (AvgIpc) is 3.25. The molecule has 4 saturated carbocycles. The van der Waals surface area contributed by atoms with Gasteiger partial charge in [-0.1, -0.05) is 46.3 Å². The van der Waals surface area contributed by atoms with Crippen molar-refractivity contribution in [1.29, 1.82) is 0 Å². The molecule has 11 unspecified atom stereocenters. The lowest BCUT2D eigenvalue weighted by Gasteiger charge is -2.69. The van der Waals surface area contributed by atoms with Gasteiger partial charge in [0.15, 0.2) is 0 Å². The standard InChI is InChI=1S/C32H50O6/c1-18(2)19-9-11-23-28(19,3)15-16-29(4)20-10-12-24-31(6,26(35)37-7)25(34)22(33)17-32(24,27(36)38-8)21(20)13-14-30(23,29)5/h13,18-20,22-25,33-34H,9-12,14-17H2,1-8H3. The molecule has 38 heavy (non-hydrogen) atoms. The highest BCUT2D eigenvalue weighted by Gasteiger charge is 2.73. The lowest BCUT2D eigenvalue weighted by Crippen LogP contribution is -2.68. The van der Waals surface area contributed by atoms with E-state index in [4.69, 9.17) is 9.47 Å². The zero-order chi connectivity index (χ0) is 28.1. The number of ether oxygens (including phenoxy) is 2.